The van der Waals surface area contributed by atoms with Crippen molar-refractivity contribution in [1.82, 2.24) is 4.98 Å². The van der Waals surface area contributed by atoms with Crippen molar-refractivity contribution in [2.75, 3.05) is 18.4 Å². The number of sulfone groups is 1. The smallest absolute Gasteiger partial charge is 0.231 e. The quantitative estimate of drug-likeness (QED) is 0.788. The average Bonchev–Trinajstić information content (AvgIpc) is 3.01. The van der Waals surface area contributed by atoms with Crippen LogP contribution >= 0.6 is 0 Å². The molecule has 6 nitrogen and oxygen atoms in total. The Morgan fingerprint density at radius 1 is 1.00 bits per heavy atom. The fraction of sp³-hybridized carbons (Fsp3) is 0.118. The second kappa shape index (κ2) is 5.38. The van der Waals surface area contributed by atoms with Crippen LogP contribution in [0.3, 0.4) is 0 Å². The summed E-state index contributed by atoms with van der Waals surface area (Å²) in [6.07, 6.45) is 1.19. The number of rotatable bonds is 3. The Morgan fingerprint density at radius 2 is 1.83 bits per heavy atom. The van der Waals surface area contributed by atoms with E-state index < -0.39 is 9.84 Å². The molecule has 0 amide bonds. The van der Waals surface area contributed by atoms with Crippen molar-refractivity contribution in [2.45, 2.75) is 4.90 Å². The van der Waals surface area contributed by atoms with Gasteiger partial charge in [0.1, 0.15) is 5.82 Å². The van der Waals surface area contributed by atoms with E-state index in [0.717, 1.165) is 16.8 Å². The molecule has 0 aliphatic carbocycles. The molecule has 1 aromatic heterocycles. The molecular weight excluding hydrogens is 328 g/mol. The number of hydrogen-bond acceptors (Lipinski definition) is 6. The number of pyridine rings is 1. The Labute approximate surface area is 139 Å². The van der Waals surface area contributed by atoms with Gasteiger partial charge in [0.2, 0.25) is 6.79 Å². The molecule has 0 unspecified atom stereocenters. The zero-order valence-electron chi connectivity index (χ0n) is 12.8. The maximum atomic E-state index is 11.6. The molecule has 0 spiro atoms. The summed E-state index contributed by atoms with van der Waals surface area (Å²) in [7, 11) is -3.23. The van der Waals surface area contributed by atoms with Gasteiger partial charge in [0, 0.05) is 23.4 Å². The van der Waals surface area contributed by atoms with Crippen LogP contribution in [-0.2, 0) is 9.84 Å². The highest BCUT2D eigenvalue weighted by molar-refractivity contribution is 7.90. The van der Waals surface area contributed by atoms with Crippen molar-refractivity contribution in [2.24, 2.45) is 0 Å². The third-order valence-corrected chi connectivity index (χ3v) is 4.84. The van der Waals surface area contributed by atoms with Crippen LogP contribution in [0.2, 0.25) is 0 Å². The van der Waals surface area contributed by atoms with Crippen LogP contribution in [0.25, 0.3) is 10.9 Å². The minimum atomic E-state index is -3.23. The normalized spacial score (nSPS) is 13.2. The van der Waals surface area contributed by atoms with Crippen molar-refractivity contribution in [3.63, 3.8) is 0 Å². The lowest BCUT2D eigenvalue weighted by atomic mass is 10.2. The maximum Gasteiger partial charge on any atom is 0.231 e. The molecule has 0 radical (unpaired) electrons. The van der Waals surface area contributed by atoms with Crippen LogP contribution in [0.1, 0.15) is 0 Å². The van der Waals surface area contributed by atoms with E-state index in [1.807, 2.05) is 24.3 Å². The van der Waals surface area contributed by atoms with Crippen molar-refractivity contribution >= 4 is 32.2 Å². The minimum Gasteiger partial charge on any atom is -0.454 e. The van der Waals surface area contributed by atoms with Crippen LogP contribution in [0.15, 0.2) is 53.4 Å². The van der Waals surface area contributed by atoms with Gasteiger partial charge < -0.3 is 14.8 Å². The molecule has 4 rings (SSSR count). The van der Waals surface area contributed by atoms with E-state index in [-0.39, 0.29) is 11.7 Å². The van der Waals surface area contributed by atoms with Crippen LogP contribution < -0.4 is 14.8 Å². The van der Waals surface area contributed by atoms with Gasteiger partial charge in [0.25, 0.3) is 0 Å². The summed E-state index contributed by atoms with van der Waals surface area (Å²) in [5, 5.41) is 3.98. The van der Waals surface area contributed by atoms with Crippen molar-refractivity contribution in [1.29, 1.82) is 0 Å². The summed E-state index contributed by atoms with van der Waals surface area (Å²) in [5.41, 5.74) is 1.55. The number of ether oxygens (including phenoxy) is 2. The minimum absolute atomic E-state index is 0.232. The Hall–Kier alpha value is -2.80. The van der Waals surface area contributed by atoms with E-state index >= 15 is 0 Å². The molecule has 1 aliphatic heterocycles. The summed E-state index contributed by atoms with van der Waals surface area (Å²) >= 11 is 0. The predicted molar refractivity (Wildman–Crippen MR) is 90.7 cm³/mol. The highest BCUT2D eigenvalue weighted by atomic mass is 32.2. The second-order valence-corrected chi connectivity index (χ2v) is 7.53. The van der Waals surface area contributed by atoms with Gasteiger partial charge in [-0.05, 0) is 42.5 Å². The summed E-state index contributed by atoms with van der Waals surface area (Å²) in [6, 6.07) is 14.1. The fourth-order valence-electron chi connectivity index (χ4n) is 2.53. The van der Waals surface area contributed by atoms with Crippen molar-refractivity contribution in [3.8, 4) is 11.5 Å². The van der Waals surface area contributed by atoms with E-state index in [2.05, 4.69) is 10.3 Å². The maximum absolute atomic E-state index is 11.6. The number of nitrogens with zero attached hydrogens (tertiary/aromatic N) is 1. The monoisotopic (exact) mass is 342 g/mol. The first-order chi connectivity index (χ1) is 11.5. The molecule has 2 aromatic carbocycles. The fourth-order valence-corrected chi connectivity index (χ4v) is 3.18. The molecule has 1 aliphatic rings. The highest BCUT2D eigenvalue weighted by Gasteiger charge is 2.13. The zero-order chi connectivity index (χ0) is 16.7. The largest absolute Gasteiger partial charge is 0.454 e. The summed E-state index contributed by atoms with van der Waals surface area (Å²) in [6.45, 7) is 0.232. The van der Waals surface area contributed by atoms with Gasteiger partial charge >= 0.3 is 0 Å². The van der Waals surface area contributed by atoms with Gasteiger partial charge in [0.05, 0.1) is 10.4 Å². The first-order valence-corrected chi connectivity index (χ1v) is 9.16. The predicted octanol–water partition coefficient (Wildman–Crippen LogP) is 3.11. The third kappa shape index (κ3) is 2.74. The molecule has 24 heavy (non-hydrogen) atoms. The van der Waals surface area contributed by atoms with Gasteiger partial charge in [-0.2, -0.15) is 0 Å². The van der Waals surface area contributed by atoms with E-state index in [9.17, 15) is 8.42 Å². The first-order valence-electron chi connectivity index (χ1n) is 7.27. The molecule has 3 aromatic rings. The molecule has 122 valence electrons. The number of benzene rings is 2. The molecule has 0 fully saturated rings. The lowest BCUT2D eigenvalue weighted by Crippen LogP contribution is -1.98. The Kier molecular flexibility index (Phi) is 3.31. The number of aromatic nitrogens is 1. The molecule has 0 saturated heterocycles. The molecule has 7 heteroatoms. The Morgan fingerprint density at radius 3 is 2.67 bits per heavy atom. The van der Waals surface area contributed by atoms with Gasteiger partial charge in [-0.1, -0.05) is 0 Å². The van der Waals surface area contributed by atoms with E-state index in [1.165, 1.54) is 6.26 Å². The Bertz CT molecular complexity index is 1050. The zero-order valence-corrected chi connectivity index (χ0v) is 13.6. The summed E-state index contributed by atoms with van der Waals surface area (Å²) in [5.74, 6) is 2.08. The molecule has 0 bridgehead atoms. The lowest BCUT2D eigenvalue weighted by molar-refractivity contribution is 0.174. The van der Waals surface area contributed by atoms with Crippen LogP contribution in [0, 0.1) is 0 Å². The lowest BCUT2D eigenvalue weighted by Gasteiger charge is -2.08. The van der Waals surface area contributed by atoms with E-state index in [0.29, 0.717) is 17.1 Å². The topological polar surface area (TPSA) is 77.5 Å². The van der Waals surface area contributed by atoms with E-state index in [4.69, 9.17) is 9.47 Å². The molecular formula is C17H14N2O4S. The molecule has 0 saturated carbocycles. The number of fused-ring (bicyclic) bond motifs is 2. The summed E-state index contributed by atoms with van der Waals surface area (Å²) in [4.78, 5) is 4.79. The number of anilines is 2. The van der Waals surface area contributed by atoms with Crippen molar-refractivity contribution < 1.29 is 17.9 Å². The Balaban J connectivity index is 1.65. The van der Waals surface area contributed by atoms with E-state index in [1.54, 1.807) is 24.3 Å². The van der Waals surface area contributed by atoms with Crippen LogP contribution in [0.5, 0.6) is 11.5 Å². The second-order valence-electron chi connectivity index (χ2n) is 5.52. The number of hydrogen-bond donors (Lipinski definition) is 1. The standard InChI is InChI=1S/C17H14N2O4S/c1-24(20,21)13-4-5-14-11(8-13)2-7-17(19-14)18-12-3-6-15-16(9-12)23-10-22-15/h2-9H,10H2,1H3,(H,18,19). The van der Waals surface area contributed by atoms with Crippen LogP contribution in [0.4, 0.5) is 11.5 Å². The highest BCUT2D eigenvalue weighted by Crippen LogP contribution is 2.35. The van der Waals surface area contributed by atoms with Gasteiger partial charge in [-0.15, -0.1) is 0 Å². The summed E-state index contributed by atoms with van der Waals surface area (Å²) < 4.78 is 33.9. The molecule has 2 heterocycles. The molecule has 0 atom stereocenters. The average molecular weight is 342 g/mol. The van der Waals surface area contributed by atoms with Crippen LogP contribution in [-0.4, -0.2) is 26.5 Å². The van der Waals surface area contributed by atoms with Crippen molar-refractivity contribution in [3.05, 3.63) is 48.5 Å². The number of nitrogens with one attached hydrogen (secondary N) is 1. The third-order valence-electron chi connectivity index (χ3n) is 3.73. The SMILES string of the molecule is CS(=O)(=O)c1ccc2nc(Nc3ccc4c(c3)OCO4)ccc2c1. The first kappa shape index (κ1) is 14.8. The van der Waals surface area contributed by atoms with Gasteiger partial charge in [0.15, 0.2) is 21.3 Å². The van der Waals surface area contributed by atoms with Gasteiger partial charge in [-0.3, -0.25) is 0 Å². The molecule has 1 N–H and O–H groups in total. The van der Waals surface area contributed by atoms with Gasteiger partial charge in [-0.25, -0.2) is 13.4 Å².